The second kappa shape index (κ2) is 4.00. The number of aryl methyl sites for hydroxylation is 1. The highest BCUT2D eigenvalue weighted by atomic mass is 35.5. The fourth-order valence-corrected chi connectivity index (χ4v) is 1.05. The van der Waals surface area contributed by atoms with E-state index in [1.165, 1.54) is 6.08 Å². The molecule has 1 aromatic rings. The zero-order chi connectivity index (χ0) is 8.97. The number of rotatable bonds is 2. The van der Waals surface area contributed by atoms with E-state index in [0.717, 1.165) is 11.3 Å². The number of pyridine rings is 1. The van der Waals surface area contributed by atoms with Crippen molar-refractivity contribution in [3.05, 3.63) is 28.5 Å². The predicted octanol–water partition coefficient (Wildman–Crippen LogP) is 1.88. The molecular weight excluding hydrogens is 176 g/mol. The Morgan fingerprint density at radius 3 is 3.00 bits per heavy atom. The van der Waals surface area contributed by atoms with Crippen molar-refractivity contribution in [3.8, 4) is 0 Å². The lowest BCUT2D eigenvalue weighted by atomic mass is 10.2. The normalized spacial score (nSPS) is 9.17. The van der Waals surface area contributed by atoms with E-state index >= 15 is 0 Å². The summed E-state index contributed by atoms with van der Waals surface area (Å²) < 4.78 is 0. The molecule has 0 amide bonds. The molecule has 0 aliphatic rings. The van der Waals surface area contributed by atoms with Crippen molar-refractivity contribution in [1.82, 2.24) is 4.98 Å². The number of isocyanates is 1. The first-order chi connectivity index (χ1) is 5.74. The molecule has 3 nitrogen and oxygen atoms in total. The predicted molar refractivity (Wildman–Crippen MR) is 45.8 cm³/mol. The van der Waals surface area contributed by atoms with Gasteiger partial charge < -0.3 is 0 Å². The third-order valence-electron chi connectivity index (χ3n) is 1.38. The van der Waals surface area contributed by atoms with Gasteiger partial charge in [-0.05, 0) is 13.0 Å². The Hall–Kier alpha value is -1.18. The summed E-state index contributed by atoms with van der Waals surface area (Å²) >= 11 is 5.76. The van der Waals surface area contributed by atoms with Crippen LogP contribution in [0.3, 0.4) is 0 Å². The van der Waals surface area contributed by atoms with Crippen LogP contribution in [-0.4, -0.2) is 11.1 Å². The van der Waals surface area contributed by atoms with E-state index < -0.39 is 0 Å². The van der Waals surface area contributed by atoms with E-state index in [1.807, 2.05) is 13.0 Å². The van der Waals surface area contributed by atoms with Gasteiger partial charge in [-0.2, -0.15) is 0 Å². The summed E-state index contributed by atoms with van der Waals surface area (Å²) in [5.74, 6) is 0. The van der Waals surface area contributed by atoms with Gasteiger partial charge in [0, 0.05) is 11.3 Å². The molecule has 0 atom stereocenters. The van der Waals surface area contributed by atoms with Crippen molar-refractivity contribution < 1.29 is 4.79 Å². The maximum Gasteiger partial charge on any atom is 0.235 e. The molecule has 4 heteroatoms. The summed E-state index contributed by atoms with van der Waals surface area (Å²) in [7, 11) is 0. The van der Waals surface area contributed by atoms with Gasteiger partial charge in [-0.25, -0.2) is 14.8 Å². The van der Waals surface area contributed by atoms with Gasteiger partial charge in [0.2, 0.25) is 6.08 Å². The second-order valence-corrected chi connectivity index (χ2v) is 2.67. The first kappa shape index (κ1) is 8.91. The largest absolute Gasteiger partial charge is 0.241 e. The van der Waals surface area contributed by atoms with Crippen LogP contribution in [0.2, 0.25) is 5.15 Å². The summed E-state index contributed by atoms with van der Waals surface area (Å²) in [6.07, 6.45) is 1.45. The van der Waals surface area contributed by atoms with Crippen molar-refractivity contribution in [2.75, 3.05) is 0 Å². The number of aromatic nitrogens is 1. The highest BCUT2D eigenvalue weighted by Gasteiger charge is 1.99. The van der Waals surface area contributed by atoms with Gasteiger partial charge in [0.1, 0.15) is 5.15 Å². The van der Waals surface area contributed by atoms with Crippen LogP contribution in [0.5, 0.6) is 0 Å². The van der Waals surface area contributed by atoms with Gasteiger partial charge in [-0.15, -0.1) is 0 Å². The number of hydrogen-bond donors (Lipinski definition) is 0. The Bertz CT molecular complexity index is 332. The molecule has 0 aliphatic heterocycles. The van der Waals surface area contributed by atoms with Crippen LogP contribution >= 0.6 is 11.6 Å². The number of nitrogens with zero attached hydrogens (tertiary/aromatic N) is 2. The van der Waals surface area contributed by atoms with Crippen LogP contribution in [-0.2, 0) is 11.3 Å². The maximum absolute atomic E-state index is 9.80. The number of halogens is 1. The average molecular weight is 183 g/mol. The summed E-state index contributed by atoms with van der Waals surface area (Å²) in [6.45, 7) is 2.09. The minimum atomic E-state index is 0.246. The lowest BCUT2D eigenvalue weighted by molar-refractivity contribution is 0.563. The average Bonchev–Trinajstić information content (AvgIpc) is 2.03. The number of carbonyl (C=O) groups excluding carboxylic acids is 1. The van der Waals surface area contributed by atoms with Crippen molar-refractivity contribution in [2.24, 2.45) is 4.99 Å². The summed E-state index contributed by atoms with van der Waals surface area (Å²) in [6, 6.07) is 3.62. The van der Waals surface area contributed by atoms with Gasteiger partial charge in [-0.3, -0.25) is 0 Å². The van der Waals surface area contributed by atoms with E-state index in [9.17, 15) is 4.79 Å². The molecule has 1 aromatic heterocycles. The summed E-state index contributed by atoms with van der Waals surface area (Å²) in [5, 5.41) is 0.397. The Morgan fingerprint density at radius 2 is 2.42 bits per heavy atom. The van der Waals surface area contributed by atoms with Crippen LogP contribution < -0.4 is 0 Å². The minimum Gasteiger partial charge on any atom is -0.241 e. The van der Waals surface area contributed by atoms with Gasteiger partial charge in [0.15, 0.2) is 0 Å². The second-order valence-electron chi connectivity index (χ2n) is 2.31. The third-order valence-corrected chi connectivity index (χ3v) is 1.71. The van der Waals surface area contributed by atoms with Crippen LogP contribution in [0.4, 0.5) is 0 Å². The quantitative estimate of drug-likeness (QED) is 0.398. The fourth-order valence-electron chi connectivity index (χ4n) is 0.789. The maximum atomic E-state index is 9.80. The fraction of sp³-hybridized carbons (Fsp3) is 0.250. The first-order valence-corrected chi connectivity index (χ1v) is 3.77. The van der Waals surface area contributed by atoms with E-state index in [4.69, 9.17) is 11.6 Å². The molecule has 0 spiro atoms. The highest BCUT2D eigenvalue weighted by Crippen LogP contribution is 2.13. The standard InChI is InChI=1S/C8H7ClN2O/c1-6-2-3-7(4-10-5-12)8(9)11-6/h2-3H,4H2,1H3. The molecular formula is C8H7ClN2O. The summed E-state index contributed by atoms with van der Waals surface area (Å²) in [5.41, 5.74) is 1.59. The number of aliphatic imine (C=N–C) groups is 1. The minimum absolute atomic E-state index is 0.246. The molecule has 1 heterocycles. The molecule has 0 radical (unpaired) electrons. The Kier molecular flexibility index (Phi) is 2.97. The van der Waals surface area contributed by atoms with E-state index in [2.05, 4.69) is 9.98 Å². The van der Waals surface area contributed by atoms with Gasteiger partial charge in [0.05, 0.1) is 6.54 Å². The Balaban J connectivity index is 2.93. The zero-order valence-corrected chi connectivity index (χ0v) is 7.30. The Morgan fingerprint density at radius 1 is 1.67 bits per heavy atom. The van der Waals surface area contributed by atoms with E-state index in [-0.39, 0.29) is 6.54 Å². The van der Waals surface area contributed by atoms with E-state index in [0.29, 0.717) is 5.15 Å². The van der Waals surface area contributed by atoms with Crippen molar-refractivity contribution in [1.29, 1.82) is 0 Å². The molecule has 0 aliphatic carbocycles. The van der Waals surface area contributed by atoms with Crippen molar-refractivity contribution in [3.63, 3.8) is 0 Å². The molecule has 0 N–H and O–H groups in total. The lowest BCUT2D eigenvalue weighted by Gasteiger charge is -1.98. The van der Waals surface area contributed by atoms with E-state index in [1.54, 1.807) is 6.07 Å². The van der Waals surface area contributed by atoms with Gasteiger partial charge >= 0.3 is 0 Å². The molecule has 1 rings (SSSR count). The van der Waals surface area contributed by atoms with Crippen LogP contribution in [0.25, 0.3) is 0 Å². The molecule has 0 fully saturated rings. The van der Waals surface area contributed by atoms with Gasteiger partial charge in [-0.1, -0.05) is 17.7 Å². The monoisotopic (exact) mass is 182 g/mol. The molecule has 0 unspecified atom stereocenters. The SMILES string of the molecule is Cc1ccc(CN=C=O)c(Cl)n1. The molecule has 0 aromatic carbocycles. The zero-order valence-electron chi connectivity index (χ0n) is 6.54. The molecule has 0 saturated carbocycles. The summed E-state index contributed by atoms with van der Waals surface area (Å²) in [4.78, 5) is 17.2. The highest BCUT2D eigenvalue weighted by molar-refractivity contribution is 6.30. The third kappa shape index (κ3) is 2.16. The molecule has 0 bridgehead atoms. The number of hydrogen-bond acceptors (Lipinski definition) is 3. The van der Waals surface area contributed by atoms with Crippen molar-refractivity contribution >= 4 is 17.7 Å². The first-order valence-electron chi connectivity index (χ1n) is 3.39. The molecule has 12 heavy (non-hydrogen) atoms. The van der Waals surface area contributed by atoms with Crippen molar-refractivity contribution in [2.45, 2.75) is 13.5 Å². The smallest absolute Gasteiger partial charge is 0.235 e. The Labute approximate surface area is 75.1 Å². The molecule has 62 valence electrons. The lowest BCUT2D eigenvalue weighted by Crippen LogP contribution is -1.88. The van der Waals surface area contributed by atoms with Gasteiger partial charge in [0.25, 0.3) is 0 Å². The topological polar surface area (TPSA) is 42.3 Å². The van der Waals surface area contributed by atoms with Crippen LogP contribution in [0.15, 0.2) is 17.1 Å². The molecule has 0 saturated heterocycles. The van der Waals surface area contributed by atoms with Crippen LogP contribution in [0.1, 0.15) is 11.3 Å². The van der Waals surface area contributed by atoms with Crippen LogP contribution in [0, 0.1) is 6.92 Å².